The van der Waals surface area contributed by atoms with Crippen LogP contribution in [0.5, 0.6) is 0 Å². The van der Waals surface area contributed by atoms with Crippen LogP contribution in [-0.2, 0) is 61.8 Å². The molecule has 2 aliphatic heterocycles. The van der Waals surface area contributed by atoms with Gasteiger partial charge in [-0.2, -0.15) is 0 Å². The number of unbranched alkanes of at least 4 members (excludes halogenated alkanes) is 2. The van der Waals surface area contributed by atoms with Crippen LogP contribution in [0.4, 0.5) is 5.69 Å². The van der Waals surface area contributed by atoms with Crippen molar-refractivity contribution in [3.63, 3.8) is 0 Å². The average Bonchev–Trinajstić information content (AvgIpc) is 3.49. The number of ether oxygens (including phenoxy) is 10. The fourth-order valence-corrected chi connectivity index (χ4v) is 5.88. The number of benzene rings is 1. The molecule has 1 saturated heterocycles. The van der Waals surface area contributed by atoms with Gasteiger partial charge in [-0.15, -0.1) is 0 Å². The van der Waals surface area contributed by atoms with Crippen LogP contribution in [0.1, 0.15) is 79.5 Å². The Hall–Kier alpha value is -3.43. The number of anilines is 1. The van der Waals surface area contributed by atoms with E-state index in [0.29, 0.717) is 138 Å². The zero-order valence-corrected chi connectivity index (χ0v) is 35.5. The first kappa shape index (κ1) is 50.9. The highest BCUT2D eigenvalue weighted by atomic mass is 16.6. The SMILES string of the molecule is CCC(C)COCCOCCOCCOCCOCCOCCOCCOCCOCCOCCCCCC(=O)Nc1cccc2c1C(=O)N(C1CCC(=O)NC1=O)C2=O. The largest absolute Gasteiger partial charge is 0.379 e. The Morgan fingerprint density at radius 2 is 1.12 bits per heavy atom. The van der Waals surface area contributed by atoms with Gasteiger partial charge in [0.1, 0.15) is 6.04 Å². The molecule has 0 spiro atoms. The Kier molecular flexibility index (Phi) is 27.4. The number of amides is 5. The van der Waals surface area contributed by atoms with Gasteiger partial charge in [0.05, 0.1) is 136 Å². The number of hydrogen-bond donors (Lipinski definition) is 2. The molecule has 0 saturated carbocycles. The van der Waals surface area contributed by atoms with Crippen molar-refractivity contribution >= 4 is 35.2 Å². The van der Waals surface area contributed by atoms with Crippen LogP contribution < -0.4 is 10.6 Å². The number of hydrogen-bond acceptors (Lipinski definition) is 15. The summed E-state index contributed by atoms with van der Waals surface area (Å²) >= 11 is 0. The summed E-state index contributed by atoms with van der Waals surface area (Å²) in [5, 5.41) is 4.91. The molecule has 340 valence electrons. The van der Waals surface area contributed by atoms with Gasteiger partial charge < -0.3 is 52.7 Å². The van der Waals surface area contributed by atoms with Crippen molar-refractivity contribution in [3.8, 4) is 0 Å². The van der Waals surface area contributed by atoms with Gasteiger partial charge in [-0.25, -0.2) is 0 Å². The lowest BCUT2D eigenvalue weighted by Gasteiger charge is -2.27. The second-order valence-corrected chi connectivity index (χ2v) is 14.1. The quantitative estimate of drug-likeness (QED) is 0.0725. The minimum Gasteiger partial charge on any atom is -0.379 e. The summed E-state index contributed by atoms with van der Waals surface area (Å²) in [4.78, 5) is 63.6. The van der Waals surface area contributed by atoms with Crippen LogP contribution >= 0.6 is 0 Å². The van der Waals surface area contributed by atoms with Crippen molar-refractivity contribution in [1.29, 1.82) is 0 Å². The second kappa shape index (κ2) is 32.3. The van der Waals surface area contributed by atoms with Crippen LogP contribution in [0.3, 0.4) is 0 Å². The molecule has 18 nitrogen and oxygen atoms in total. The molecule has 0 radical (unpaired) electrons. The number of rotatable bonds is 38. The normalized spacial score (nSPS) is 15.8. The zero-order chi connectivity index (χ0) is 43.0. The predicted octanol–water partition coefficient (Wildman–Crippen LogP) is 2.80. The number of carbonyl (C=O) groups excluding carboxylic acids is 5. The molecule has 0 bridgehead atoms. The summed E-state index contributed by atoms with van der Waals surface area (Å²) in [6.07, 6.45) is 3.57. The lowest BCUT2D eigenvalue weighted by atomic mass is 10.0. The van der Waals surface area contributed by atoms with Crippen molar-refractivity contribution in [1.82, 2.24) is 10.2 Å². The number of nitrogens with zero attached hydrogens (tertiary/aromatic N) is 1. The summed E-state index contributed by atoms with van der Waals surface area (Å²) in [6, 6.07) is 3.53. The van der Waals surface area contributed by atoms with Gasteiger partial charge in [0.2, 0.25) is 17.7 Å². The van der Waals surface area contributed by atoms with E-state index in [9.17, 15) is 24.0 Å². The van der Waals surface area contributed by atoms with E-state index >= 15 is 0 Å². The average molecular weight is 854 g/mol. The third-order valence-electron chi connectivity index (χ3n) is 9.38. The van der Waals surface area contributed by atoms with E-state index in [1.807, 2.05) is 0 Å². The fraction of sp³-hybridized carbons (Fsp3) is 0.738. The van der Waals surface area contributed by atoms with Gasteiger partial charge in [0.25, 0.3) is 11.8 Å². The molecule has 2 heterocycles. The molecule has 18 heteroatoms. The van der Waals surface area contributed by atoms with Gasteiger partial charge in [-0.1, -0.05) is 32.8 Å². The Morgan fingerprint density at radius 1 is 0.650 bits per heavy atom. The highest BCUT2D eigenvalue weighted by Crippen LogP contribution is 2.32. The van der Waals surface area contributed by atoms with E-state index in [1.54, 1.807) is 12.1 Å². The summed E-state index contributed by atoms with van der Waals surface area (Å²) in [6.45, 7) is 14.6. The smallest absolute Gasteiger partial charge is 0.264 e. The molecule has 1 aromatic rings. The molecule has 2 unspecified atom stereocenters. The van der Waals surface area contributed by atoms with Gasteiger partial charge >= 0.3 is 0 Å². The highest BCUT2D eigenvalue weighted by Gasteiger charge is 2.45. The second-order valence-electron chi connectivity index (χ2n) is 14.1. The lowest BCUT2D eigenvalue weighted by Crippen LogP contribution is -2.54. The molecule has 60 heavy (non-hydrogen) atoms. The van der Waals surface area contributed by atoms with E-state index in [-0.39, 0.29) is 42.0 Å². The van der Waals surface area contributed by atoms with Crippen LogP contribution in [0.15, 0.2) is 18.2 Å². The van der Waals surface area contributed by atoms with Crippen molar-refractivity contribution in [2.75, 3.05) is 137 Å². The molecule has 0 aliphatic carbocycles. The highest BCUT2D eigenvalue weighted by molar-refractivity contribution is 6.26. The molecular weight excluding hydrogens is 786 g/mol. The van der Waals surface area contributed by atoms with Crippen LogP contribution in [0, 0.1) is 5.92 Å². The molecule has 2 atom stereocenters. The van der Waals surface area contributed by atoms with Crippen molar-refractivity contribution in [2.24, 2.45) is 5.92 Å². The molecule has 3 rings (SSSR count). The molecule has 0 aromatic heterocycles. The first-order valence-corrected chi connectivity index (χ1v) is 21.2. The summed E-state index contributed by atoms with van der Waals surface area (Å²) < 4.78 is 55.1. The maximum absolute atomic E-state index is 13.2. The van der Waals surface area contributed by atoms with Crippen LogP contribution in [0.2, 0.25) is 0 Å². The van der Waals surface area contributed by atoms with E-state index in [0.717, 1.165) is 30.8 Å². The van der Waals surface area contributed by atoms with E-state index in [4.69, 9.17) is 47.4 Å². The Bertz CT molecular complexity index is 1400. The first-order chi connectivity index (χ1) is 29.3. The topological polar surface area (TPSA) is 205 Å². The molecule has 1 fully saturated rings. The maximum atomic E-state index is 13.2. The molecule has 2 aliphatic rings. The predicted molar refractivity (Wildman–Crippen MR) is 218 cm³/mol. The van der Waals surface area contributed by atoms with Gasteiger partial charge in [0.15, 0.2) is 0 Å². The third-order valence-corrected chi connectivity index (χ3v) is 9.38. The zero-order valence-electron chi connectivity index (χ0n) is 35.5. The van der Waals surface area contributed by atoms with Crippen LogP contribution in [0.25, 0.3) is 0 Å². The number of imide groups is 2. The first-order valence-electron chi connectivity index (χ1n) is 21.2. The Labute approximate surface area is 353 Å². The number of piperidine rings is 1. The van der Waals surface area contributed by atoms with E-state index in [1.165, 1.54) is 6.07 Å². The summed E-state index contributed by atoms with van der Waals surface area (Å²) in [7, 11) is 0. The van der Waals surface area contributed by atoms with E-state index in [2.05, 4.69) is 24.5 Å². The fourth-order valence-electron chi connectivity index (χ4n) is 5.88. The number of carbonyl (C=O) groups is 5. The van der Waals surface area contributed by atoms with Gasteiger partial charge in [0, 0.05) is 26.1 Å². The van der Waals surface area contributed by atoms with E-state index < -0.39 is 29.7 Å². The van der Waals surface area contributed by atoms with Crippen LogP contribution in [-0.4, -0.2) is 173 Å². The summed E-state index contributed by atoms with van der Waals surface area (Å²) in [5.41, 5.74) is 0.384. The summed E-state index contributed by atoms with van der Waals surface area (Å²) in [5.74, 6) is -2.13. The minimum atomic E-state index is -1.07. The number of nitrogens with one attached hydrogen (secondary N) is 2. The molecule has 5 amide bonds. The van der Waals surface area contributed by atoms with Crippen molar-refractivity contribution < 1.29 is 71.3 Å². The maximum Gasteiger partial charge on any atom is 0.264 e. The third kappa shape index (κ3) is 20.9. The standard InChI is InChI=1S/C42H67N3O15/c1-3-33(2)32-60-31-30-59-29-28-58-27-26-57-25-24-56-23-22-55-21-20-54-19-18-53-17-16-52-15-14-51-13-6-4-5-10-37(46)43-35-9-7-8-34-39(35)42(50)45(41(34)49)36-11-12-38(47)44-40(36)48/h7-9,33,36H,3-6,10-32H2,1-2H3,(H,43,46)(H,44,47,48). The minimum absolute atomic E-state index is 0.0286. The monoisotopic (exact) mass is 853 g/mol. The molecule has 1 aromatic carbocycles. The van der Waals surface area contributed by atoms with Crippen molar-refractivity contribution in [2.45, 2.75) is 64.8 Å². The molecule has 2 N–H and O–H groups in total. The Balaban J connectivity index is 1.01. The van der Waals surface area contributed by atoms with Gasteiger partial charge in [-0.05, 0) is 37.3 Å². The Morgan fingerprint density at radius 3 is 1.58 bits per heavy atom. The lowest BCUT2D eigenvalue weighted by molar-refractivity contribution is -0.136. The molecular formula is C42H67N3O15. The van der Waals surface area contributed by atoms with Gasteiger partial charge in [-0.3, -0.25) is 34.2 Å². The van der Waals surface area contributed by atoms with Crippen molar-refractivity contribution in [3.05, 3.63) is 29.3 Å². The number of fused-ring (bicyclic) bond motifs is 1.